The van der Waals surface area contributed by atoms with Crippen molar-refractivity contribution in [3.05, 3.63) is 24.7 Å². The van der Waals surface area contributed by atoms with Crippen LogP contribution in [0.5, 0.6) is 0 Å². The molecule has 1 aliphatic rings. The number of hydrogen-bond donors (Lipinski definition) is 0. The van der Waals surface area contributed by atoms with Gasteiger partial charge in [0, 0.05) is 25.7 Å². The summed E-state index contributed by atoms with van der Waals surface area (Å²) < 4.78 is 0. The highest BCUT2D eigenvalue weighted by atomic mass is 15.1. The summed E-state index contributed by atoms with van der Waals surface area (Å²) in [5.74, 6) is 0. The van der Waals surface area contributed by atoms with Crippen molar-refractivity contribution < 1.29 is 0 Å². The molecule has 56 valence electrons. The van der Waals surface area contributed by atoms with E-state index in [2.05, 4.69) is 11.6 Å². The summed E-state index contributed by atoms with van der Waals surface area (Å²) in [6.07, 6.45) is 5.32. The molecule has 0 bridgehead atoms. The van der Waals surface area contributed by atoms with E-state index in [-0.39, 0.29) is 0 Å². The second-order valence-electron chi connectivity index (χ2n) is 1.68. The zero-order valence-electron chi connectivity index (χ0n) is 6.83. The zero-order chi connectivity index (χ0) is 7.98. The lowest BCUT2D eigenvalue weighted by Gasteiger charge is -2.14. The molecule has 0 unspecified atom stereocenters. The third-order valence-electron chi connectivity index (χ3n) is 1.05. The van der Waals surface area contributed by atoms with Gasteiger partial charge in [-0.1, -0.05) is 20.4 Å². The normalized spacial score (nSPS) is 14.7. The lowest BCUT2D eigenvalue weighted by Crippen LogP contribution is -2.11. The van der Waals surface area contributed by atoms with Crippen LogP contribution in [0.25, 0.3) is 0 Å². The fraction of sp³-hybridized carbons (Fsp3) is 0.375. The van der Waals surface area contributed by atoms with Gasteiger partial charge in [-0.2, -0.15) is 0 Å². The topological polar surface area (TPSA) is 15.6 Å². The van der Waals surface area contributed by atoms with Crippen LogP contribution in [0.2, 0.25) is 0 Å². The average Bonchev–Trinajstić information content (AvgIpc) is 2.00. The first-order valence-electron chi connectivity index (χ1n) is 3.42. The first-order chi connectivity index (χ1) is 4.80. The molecule has 0 aromatic rings. The molecular formula is C8H14N2. The van der Waals surface area contributed by atoms with E-state index in [4.69, 9.17) is 0 Å². The molecule has 0 aromatic heterocycles. The van der Waals surface area contributed by atoms with Crippen LogP contribution in [0.3, 0.4) is 0 Å². The Bertz CT molecular complexity index is 157. The molecule has 0 amide bonds. The molecule has 2 heteroatoms. The lowest BCUT2D eigenvalue weighted by atomic mass is 10.4. The van der Waals surface area contributed by atoms with Gasteiger partial charge in [0.2, 0.25) is 0 Å². The van der Waals surface area contributed by atoms with Gasteiger partial charge in [-0.15, -0.1) is 0 Å². The van der Waals surface area contributed by atoms with E-state index in [0.29, 0.717) is 0 Å². The van der Waals surface area contributed by atoms with Gasteiger partial charge in [-0.05, 0) is 0 Å². The molecule has 0 radical (unpaired) electrons. The van der Waals surface area contributed by atoms with Gasteiger partial charge >= 0.3 is 0 Å². The van der Waals surface area contributed by atoms with Crippen molar-refractivity contribution in [1.29, 1.82) is 0 Å². The minimum absolute atomic E-state index is 0.924. The van der Waals surface area contributed by atoms with Gasteiger partial charge in [0.1, 0.15) is 0 Å². The van der Waals surface area contributed by atoms with Crippen LogP contribution in [-0.2, 0) is 0 Å². The van der Waals surface area contributed by atoms with E-state index in [0.717, 1.165) is 5.70 Å². The smallest absolute Gasteiger partial charge is 0.0516 e. The van der Waals surface area contributed by atoms with Crippen molar-refractivity contribution in [3.8, 4) is 0 Å². The standard InChI is InChI=1S/C6H8N2.C2H6/c1-6-5-7-3-4-8(6)2;1-2/h3-5H,1H2,2H3;1-2H3. The molecule has 1 heterocycles. The van der Waals surface area contributed by atoms with Gasteiger partial charge in [-0.3, -0.25) is 4.99 Å². The van der Waals surface area contributed by atoms with E-state index in [1.165, 1.54) is 0 Å². The number of aliphatic imine (C=N–C) groups is 1. The van der Waals surface area contributed by atoms with Crippen molar-refractivity contribution in [3.63, 3.8) is 0 Å². The summed E-state index contributed by atoms with van der Waals surface area (Å²) in [5, 5.41) is 0. The van der Waals surface area contributed by atoms with Crippen LogP contribution in [-0.4, -0.2) is 18.2 Å². The summed E-state index contributed by atoms with van der Waals surface area (Å²) >= 11 is 0. The molecule has 0 atom stereocenters. The first kappa shape index (κ1) is 8.95. The van der Waals surface area contributed by atoms with Crippen LogP contribution in [0, 0.1) is 0 Å². The largest absolute Gasteiger partial charge is 0.349 e. The lowest BCUT2D eigenvalue weighted by molar-refractivity contribution is 0.597. The molecule has 0 N–H and O–H groups in total. The van der Waals surface area contributed by atoms with Crippen molar-refractivity contribution in [2.75, 3.05) is 7.05 Å². The molecule has 1 rings (SSSR count). The highest BCUT2D eigenvalue weighted by molar-refractivity contribution is 5.78. The van der Waals surface area contributed by atoms with Crippen molar-refractivity contribution in [1.82, 2.24) is 4.90 Å². The van der Waals surface area contributed by atoms with Gasteiger partial charge in [0.15, 0.2) is 0 Å². The summed E-state index contributed by atoms with van der Waals surface area (Å²) in [4.78, 5) is 5.77. The molecule has 10 heavy (non-hydrogen) atoms. The highest BCUT2D eigenvalue weighted by Gasteiger charge is 1.94. The third-order valence-corrected chi connectivity index (χ3v) is 1.05. The summed E-state index contributed by atoms with van der Waals surface area (Å²) in [6.45, 7) is 7.72. The Hall–Kier alpha value is -1.05. The number of nitrogens with zero attached hydrogens (tertiary/aromatic N) is 2. The van der Waals surface area contributed by atoms with Gasteiger partial charge in [-0.25, -0.2) is 0 Å². The molecule has 0 aromatic carbocycles. The number of allylic oxidation sites excluding steroid dienone is 1. The van der Waals surface area contributed by atoms with E-state index in [9.17, 15) is 0 Å². The second-order valence-corrected chi connectivity index (χ2v) is 1.68. The average molecular weight is 138 g/mol. The van der Waals surface area contributed by atoms with Crippen LogP contribution in [0.1, 0.15) is 13.8 Å². The van der Waals surface area contributed by atoms with Crippen LogP contribution < -0.4 is 0 Å². The Labute approximate surface area is 62.6 Å². The Kier molecular flexibility index (Phi) is 4.29. The molecular weight excluding hydrogens is 124 g/mol. The Morgan fingerprint density at radius 1 is 1.50 bits per heavy atom. The predicted octanol–water partition coefficient (Wildman–Crippen LogP) is 2.01. The molecule has 0 aliphatic carbocycles. The molecule has 0 fully saturated rings. The third kappa shape index (κ3) is 2.49. The maximum Gasteiger partial charge on any atom is 0.0516 e. The highest BCUT2D eigenvalue weighted by Crippen LogP contribution is 1.99. The quantitative estimate of drug-likeness (QED) is 0.500. The number of rotatable bonds is 0. The van der Waals surface area contributed by atoms with Crippen LogP contribution >= 0.6 is 0 Å². The zero-order valence-corrected chi connectivity index (χ0v) is 6.83. The number of hydrogen-bond acceptors (Lipinski definition) is 2. The minimum atomic E-state index is 0.924. The van der Waals surface area contributed by atoms with Crippen molar-refractivity contribution >= 4 is 6.21 Å². The van der Waals surface area contributed by atoms with Gasteiger partial charge in [0.25, 0.3) is 0 Å². The molecule has 2 nitrogen and oxygen atoms in total. The van der Waals surface area contributed by atoms with Crippen LogP contribution in [0.4, 0.5) is 0 Å². The fourth-order valence-corrected chi connectivity index (χ4v) is 0.454. The van der Waals surface area contributed by atoms with E-state index < -0.39 is 0 Å². The summed E-state index contributed by atoms with van der Waals surface area (Å²) in [5.41, 5.74) is 0.924. The summed E-state index contributed by atoms with van der Waals surface area (Å²) in [7, 11) is 1.93. The Morgan fingerprint density at radius 3 is 2.40 bits per heavy atom. The Balaban J connectivity index is 0.000000371. The maximum absolute atomic E-state index is 3.86. The predicted molar refractivity (Wildman–Crippen MR) is 45.9 cm³/mol. The Morgan fingerprint density at radius 2 is 2.10 bits per heavy atom. The minimum Gasteiger partial charge on any atom is -0.349 e. The van der Waals surface area contributed by atoms with E-state index in [1.54, 1.807) is 12.4 Å². The monoisotopic (exact) mass is 138 g/mol. The van der Waals surface area contributed by atoms with E-state index >= 15 is 0 Å². The van der Waals surface area contributed by atoms with Crippen molar-refractivity contribution in [2.24, 2.45) is 4.99 Å². The maximum atomic E-state index is 3.86. The fourth-order valence-electron chi connectivity index (χ4n) is 0.454. The van der Waals surface area contributed by atoms with Gasteiger partial charge < -0.3 is 4.90 Å². The second kappa shape index (κ2) is 4.79. The molecule has 0 saturated heterocycles. The summed E-state index contributed by atoms with van der Waals surface area (Å²) in [6, 6.07) is 0. The van der Waals surface area contributed by atoms with E-state index in [1.807, 2.05) is 32.0 Å². The van der Waals surface area contributed by atoms with Crippen LogP contribution in [0.15, 0.2) is 29.7 Å². The first-order valence-corrected chi connectivity index (χ1v) is 3.42. The molecule has 0 saturated carbocycles. The SMILES string of the molecule is C=C1C=NC=CN1C.CC. The molecule has 1 aliphatic heterocycles. The molecule has 0 spiro atoms. The van der Waals surface area contributed by atoms with Crippen molar-refractivity contribution in [2.45, 2.75) is 13.8 Å². The van der Waals surface area contributed by atoms with Gasteiger partial charge in [0.05, 0.1) is 5.70 Å².